The molecule has 1 aliphatic rings. The topological polar surface area (TPSA) is 64.7 Å². The fourth-order valence-corrected chi connectivity index (χ4v) is 2.37. The van der Waals surface area contributed by atoms with E-state index in [1.165, 1.54) is 0 Å². The SMILES string of the molecule is Nc1cc2c(cc1SCCCO)OCCO2. The normalized spacial score (nSPS) is 13.8. The quantitative estimate of drug-likeness (QED) is 0.475. The van der Waals surface area contributed by atoms with Crippen molar-refractivity contribution in [1.29, 1.82) is 0 Å². The number of aliphatic hydroxyl groups is 1. The van der Waals surface area contributed by atoms with E-state index in [4.69, 9.17) is 20.3 Å². The Morgan fingerprint density at radius 2 is 1.94 bits per heavy atom. The average molecular weight is 241 g/mol. The summed E-state index contributed by atoms with van der Waals surface area (Å²) in [6.45, 7) is 1.36. The van der Waals surface area contributed by atoms with Gasteiger partial charge in [0.15, 0.2) is 11.5 Å². The minimum atomic E-state index is 0.206. The fourth-order valence-electron chi connectivity index (χ4n) is 1.46. The van der Waals surface area contributed by atoms with E-state index < -0.39 is 0 Å². The summed E-state index contributed by atoms with van der Waals surface area (Å²) in [6.07, 6.45) is 0.762. The summed E-state index contributed by atoms with van der Waals surface area (Å²) in [5.41, 5.74) is 6.61. The minimum absolute atomic E-state index is 0.206. The first-order valence-electron chi connectivity index (χ1n) is 5.24. The molecule has 0 bridgehead atoms. The van der Waals surface area contributed by atoms with Gasteiger partial charge in [-0.05, 0) is 12.5 Å². The highest BCUT2D eigenvalue weighted by atomic mass is 32.2. The third kappa shape index (κ3) is 2.54. The Kier molecular flexibility index (Phi) is 3.79. The highest BCUT2D eigenvalue weighted by Gasteiger charge is 2.14. The van der Waals surface area contributed by atoms with Crippen LogP contribution >= 0.6 is 11.8 Å². The molecule has 0 radical (unpaired) electrons. The molecule has 1 aromatic rings. The molecule has 0 saturated heterocycles. The molecule has 0 fully saturated rings. The van der Waals surface area contributed by atoms with Crippen molar-refractivity contribution < 1.29 is 14.6 Å². The predicted molar refractivity (Wildman–Crippen MR) is 64.3 cm³/mol. The predicted octanol–water partition coefficient (Wildman–Crippen LogP) is 1.51. The standard InChI is InChI=1S/C11H15NO3S/c12-8-6-9-10(15-4-3-14-9)7-11(8)16-5-1-2-13/h6-7,13H,1-5,12H2. The molecule has 16 heavy (non-hydrogen) atoms. The number of ether oxygens (including phenoxy) is 2. The zero-order chi connectivity index (χ0) is 11.4. The van der Waals surface area contributed by atoms with Gasteiger partial charge in [-0.2, -0.15) is 0 Å². The van der Waals surface area contributed by atoms with Gasteiger partial charge in [-0.15, -0.1) is 11.8 Å². The maximum atomic E-state index is 8.72. The second kappa shape index (κ2) is 5.32. The summed E-state index contributed by atoms with van der Waals surface area (Å²) in [5, 5.41) is 8.72. The van der Waals surface area contributed by atoms with Crippen molar-refractivity contribution in [2.24, 2.45) is 0 Å². The van der Waals surface area contributed by atoms with Gasteiger partial charge in [-0.3, -0.25) is 0 Å². The van der Waals surface area contributed by atoms with Gasteiger partial charge in [0.05, 0.1) is 0 Å². The van der Waals surface area contributed by atoms with E-state index in [-0.39, 0.29) is 6.61 Å². The van der Waals surface area contributed by atoms with Crippen molar-refractivity contribution in [2.45, 2.75) is 11.3 Å². The zero-order valence-electron chi connectivity index (χ0n) is 8.94. The molecule has 0 atom stereocenters. The van der Waals surface area contributed by atoms with E-state index in [2.05, 4.69) is 0 Å². The van der Waals surface area contributed by atoms with Crippen LogP contribution in [0.25, 0.3) is 0 Å². The molecule has 0 amide bonds. The molecule has 0 aliphatic carbocycles. The van der Waals surface area contributed by atoms with Crippen LogP contribution in [0.2, 0.25) is 0 Å². The van der Waals surface area contributed by atoms with E-state index in [1.54, 1.807) is 17.8 Å². The van der Waals surface area contributed by atoms with Gasteiger partial charge >= 0.3 is 0 Å². The molecule has 2 rings (SSSR count). The molecule has 3 N–H and O–H groups in total. The molecule has 0 aromatic heterocycles. The third-order valence-electron chi connectivity index (χ3n) is 2.23. The Hall–Kier alpha value is -1.07. The average Bonchev–Trinajstić information content (AvgIpc) is 2.30. The Bertz CT molecular complexity index is 370. The first-order chi connectivity index (χ1) is 7.81. The van der Waals surface area contributed by atoms with Crippen LogP contribution in [0, 0.1) is 0 Å². The second-order valence-corrected chi connectivity index (χ2v) is 4.60. The molecule has 1 aromatic carbocycles. The Balaban J connectivity index is 2.12. The number of nitrogen functional groups attached to an aromatic ring is 1. The number of rotatable bonds is 4. The van der Waals surface area contributed by atoms with Crippen molar-refractivity contribution in [2.75, 3.05) is 31.3 Å². The summed E-state index contributed by atoms with van der Waals surface area (Å²) >= 11 is 1.62. The van der Waals surface area contributed by atoms with Gasteiger partial charge in [0.25, 0.3) is 0 Å². The van der Waals surface area contributed by atoms with Gasteiger partial charge in [0.1, 0.15) is 13.2 Å². The second-order valence-electron chi connectivity index (χ2n) is 3.46. The summed E-state index contributed by atoms with van der Waals surface area (Å²) < 4.78 is 10.9. The molecular formula is C11H15NO3S. The highest BCUT2D eigenvalue weighted by molar-refractivity contribution is 7.99. The van der Waals surface area contributed by atoms with Gasteiger partial charge < -0.3 is 20.3 Å². The van der Waals surface area contributed by atoms with Crippen molar-refractivity contribution in [3.05, 3.63) is 12.1 Å². The minimum Gasteiger partial charge on any atom is -0.486 e. The number of fused-ring (bicyclic) bond motifs is 1. The molecule has 0 saturated carbocycles. The van der Waals surface area contributed by atoms with Crippen LogP contribution in [0.4, 0.5) is 5.69 Å². The van der Waals surface area contributed by atoms with Crippen LogP contribution in [0.3, 0.4) is 0 Å². The lowest BCUT2D eigenvalue weighted by Crippen LogP contribution is -2.15. The van der Waals surface area contributed by atoms with Gasteiger partial charge in [0, 0.05) is 29.0 Å². The van der Waals surface area contributed by atoms with E-state index in [0.717, 1.165) is 28.6 Å². The van der Waals surface area contributed by atoms with Gasteiger partial charge in [-0.1, -0.05) is 0 Å². The molecule has 4 nitrogen and oxygen atoms in total. The molecule has 0 spiro atoms. The molecule has 1 aliphatic heterocycles. The van der Waals surface area contributed by atoms with E-state index in [0.29, 0.717) is 18.9 Å². The number of nitrogens with two attached hydrogens (primary N) is 1. The van der Waals surface area contributed by atoms with Crippen LogP contribution in [0.15, 0.2) is 17.0 Å². The van der Waals surface area contributed by atoms with Gasteiger partial charge in [0.2, 0.25) is 0 Å². The number of thioether (sulfide) groups is 1. The number of aliphatic hydroxyl groups excluding tert-OH is 1. The number of benzene rings is 1. The monoisotopic (exact) mass is 241 g/mol. The van der Waals surface area contributed by atoms with Crippen molar-refractivity contribution in [3.63, 3.8) is 0 Å². The first-order valence-corrected chi connectivity index (χ1v) is 6.22. The summed E-state index contributed by atoms with van der Waals surface area (Å²) in [7, 11) is 0. The van der Waals surface area contributed by atoms with Crippen LogP contribution in [-0.2, 0) is 0 Å². The molecular weight excluding hydrogens is 226 g/mol. The molecule has 88 valence electrons. The molecule has 0 unspecified atom stereocenters. The van der Waals surface area contributed by atoms with Gasteiger partial charge in [-0.25, -0.2) is 0 Å². The lowest BCUT2D eigenvalue weighted by Gasteiger charge is -2.19. The van der Waals surface area contributed by atoms with Crippen molar-refractivity contribution >= 4 is 17.4 Å². The van der Waals surface area contributed by atoms with Crippen LogP contribution in [0.1, 0.15) is 6.42 Å². The van der Waals surface area contributed by atoms with Crippen molar-refractivity contribution in [1.82, 2.24) is 0 Å². The Morgan fingerprint density at radius 1 is 1.25 bits per heavy atom. The number of hydrogen-bond donors (Lipinski definition) is 2. The zero-order valence-corrected chi connectivity index (χ0v) is 9.76. The third-order valence-corrected chi connectivity index (χ3v) is 3.39. The Labute approximate surface area is 98.7 Å². The maximum absolute atomic E-state index is 8.72. The lowest BCUT2D eigenvalue weighted by atomic mass is 10.2. The summed E-state index contributed by atoms with van der Waals surface area (Å²) in [5.74, 6) is 2.32. The fraction of sp³-hybridized carbons (Fsp3) is 0.455. The number of hydrogen-bond acceptors (Lipinski definition) is 5. The van der Waals surface area contributed by atoms with Crippen LogP contribution in [0.5, 0.6) is 11.5 Å². The highest BCUT2D eigenvalue weighted by Crippen LogP contribution is 2.38. The maximum Gasteiger partial charge on any atom is 0.163 e. The number of anilines is 1. The summed E-state index contributed by atoms with van der Waals surface area (Å²) in [6, 6.07) is 3.71. The lowest BCUT2D eigenvalue weighted by molar-refractivity contribution is 0.171. The summed E-state index contributed by atoms with van der Waals surface area (Å²) in [4.78, 5) is 0.984. The first kappa shape index (κ1) is 11.4. The molecule has 5 heteroatoms. The smallest absolute Gasteiger partial charge is 0.163 e. The van der Waals surface area contributed by atoms with Crippen LogP contribution in [-0.4, -0.2) is 30.7 Å². The van der Waals surface area contributed by atoms with E-state index in [1.807, 2.05) is 6.07 Å². The molecule has 1 heterocycles. The van der Waals surface area contributed by atoms with Crippen molar-refractivity contribution in [3.8, 4) is 11.5 Å². The van der Waals surface area contributed by atoms with E-state index in [9.17, 15) is 0 Å². The van der Waals surface area contributed by atoms with Crippen LogP contribution < -0.4 is 15.2 Å². The van der Waals surface area contributed by atoms with E-state index >= 15 is 0 Å². The Morgan fingerprint density at radius 3 is 2.62 bits per heavy atom. The largest absolute Gasteiger partial charge is 0.486 e.